The Morgan fingerprint density at radius 3 is 2.55 bits per heavy atom. The molecule has 0 saturated heterocycles. The summed E-state index contributed by atoms with van der Waals surface area (Å²) in [4.78, 5) is 11.4. The lowest BCUT2D eigenvalue weighted by Gasteiger charge is -2.53. The van der Waals surface area contributed by atoms with Gasteiger partial charge in [-0.25, -0.2) is 4.79 Å². The van der Waals surface area contributed by atoms with E-state index < -0.39 is 5.97 Å². The van der Waals surface area contributed by atoms with Crippen molar-refractivity contribution >= 4 is 5.97 Å². The highest BCUT2D eigenvalue weighted by Gasteiger charge is 2.56. The van der Waals surface area contributed by atoms with Crippen LogP contribution in [-0.4, -0.2) is 11.1 Å². The van der Waals surface area contributed by atoms with Crippen molar-refractivity contribution in [3.63, 3.8) is 0 Å². The predicted octanol–water partition coefficient (Wildman–Crippen LogP) is 5.21. The molecule has 0 aromatic carbocycles. The molecule has 22 heavy (non-hydrogen) atoms. The van der Waals surface area contributed by atoms with Crippen molar-refractivity contribution in [2.24, 2.45) is 28.6 Å². The maximum absolute atomic E-state index is 11.4. The minimum atomic E-state index is -0.715. The lowest BCUT2D eigenvalue weighted by Crippen LogP contribution is -2.46. The van der Waals surface area contributed by atoms with Crippen LogP contribution >= 0.6 is 0 Å². The van der Waals surface area contributed by atoms with Crippen LogP contribution in [0.3, 0.4) is 0 Å². The standard InChI is InChI=1S/C20H30O2/c1-13(2)15-8-10-20(4)12-11-19(3)9-7-14(18(21)22)5-6-16(19)17(15)20/h7,15-17H,1,5-6,8-12H2,2-4H3,(H,21,22)/t15-,16-,17-,19-,20-/m1/s1. The minimum absolute atomic E-state index is 0.277. The number of carboxylic acid groups (broad SMARTS) is 1. The van der Waals surface area contributed by atoms with E-state index in [0.717, 1.165) is 19.3 Å². The van der Waals surface area contributed by atoms with Crippen LogP contribution < -0.4 is 0 Å². The molecule has 122 valence electrons. The molecule has 2 heteroatoms. The fourth-order valence-electron chi connectivity index (χ4n) is 5.86. The summed E-state index contributed by atoms with van der Waals surface area (Å²) < 4.78 is 0. The van der Waals surface area contributed by atoms with Crippen LogP contribution in [0.5, 0.6) is 0 Å². The van der Waals surface area contributed by atoms with Crippen LogP contribution in [0.25, 0.3) is 0 Å². The summed E-state index contributed by atoms with van der Waals surface area (Å²) in [5.74, 6) is 1.27. The Hall–Kier alpha value is -1.05. The Labute approximate surface area is 134 Å². The molecule has 3 aliphatic carbocycles. The van der Waals surface area contributed by atoms with Gasteiger partial charge in [0.2, 0.25) is 0 Å². The summed E-state index contributed by atoms with van der Waals surface area (Å²) in [7, 11) is 0. The Morgan fingerprint density at radius 2 is 1.91 bits per heavy atom. The molecular weight excluding hydrogens is 272 g/mol. The third-order valence-electron chi connectivity index (χ3n) is 7.31. The first-order valence-electron chi connectivity index (χ1n) is 8.85. The van der Waals surface area contributed by atoms with Gasteiger partial charge in [-0.2, -0.15) is 0 Å². The Bertz CT molecular complexity index is 532. The smallest absolute Gasteiger partial charge is 0.331 e. The average Bonchev–Trinajstić information content (AvgIpc) is 2.68. The average molecular weight is 302 g/mol. The van der Waals surface area contributed by atoms with E-state index in [2.05, 4.69) is 27.4 Å². The molecule has 2 nitrogen and oxygen atoms in total. The van der Waals surface area contributed by atoms with Gasteiger partial charge in [-0.1, -0.05) is 32.1 Å². The molecule has 0 heterocycles. The molecule has 5 atom stereocenters. The maximum Gasteiger partial charge on any atom is 0.331 e. The molecule has 0 radical (unpaired) electrons. The van der Waals surface area contributed by atoms with Gasteiger partial charge in [-0.15, -0.1) is 0 Å². The summed E-state index contributed by atoms with van der Waals surface area (Å²) in [6, 6.07) is 0. The van der Waals surface area contributed by atoms with Crippen molar-refractivity contribution in [1.82, 2.24) is 0 Å². The maximum atomic E-state index is 11.4. The Balaban J connectivity index is 1.95. The van der Waals surface area contributed by atoms with E-state index in [1.807, 2.05) is 6.08 Å². The lowest BCUT2D eigenvalue weighted by atomic mass is 9.51. The fraction of sp³-hybridized carbons (Fsp3) is 0.750. The van der Waals surface area contributed by atoms with Crippen molar-refractivity contribution in [3.8, 4) is 0 Å². The summed E-state index contributed by atoms with van der Waals surface area (Å²) in [5, 5.41) is 9.38. The Morgan fingerprint density at radius 1 is 1.23 bits per heavy atom. The highest BCUT2D eigenvalue weighted by molar-refractivity contribution is 5.86. The first-order valence-corrected chi connectivity index (χ1v) is 8.85. The highest BCUT2D eigenvalue weighted by Crippen LogP contribution is 2.65. The molecule has 1 N–H and O–H groups in total. The SMILES string of the molecule is C=C(C)[C@H]1CC[C@]2(C)CC[C@@]3(C)CC=C(C(=O)O)CC[C@@H]3[C@@H]12. The summed E-state index contributed by atoms with van der Waals surface area (Å²) in [5.41, 5.74) is 2.71. The molecule has 0 spiro atoms. The molecule has 2 fully saturated rings. The van der Waals surface area contributed by atoms with E-state index in [1.165, 1.54) is 31.3 Å². The molecule has 0 aromatic rings. The highest BCUT2D eigenvalue weighted by atomic mass is 16.4. The lowest BCUT2D eigenvalue weighted by molar-refractivity contribution is -0.132. The zero-order chi connectivity index (χ0) is 16.1. The molecule has 0 aliphatic heterocycles. The summed E-state index contributed by atoms with van der Waals surface area (Å²) in [6.07, 6.45) is 9.89. The number of fused-ring (bicyclic) bond motifs is 3. The number of hydrogen-bond donors (Lipinski definition) is 1. The zero-order valence-electron chi connectivity index (χ0n) is 14.3. The van der Waals surface area contributed by atoms with E-state index in [0.29, 0.717) is 28.7 Å². The molecular formula is C20H30O2. The van der Waals surface area contributed by atoms with Gasteiger partial charge in [0.25, 0.3) is 0 Å². The van der Waals surface area contributed by atoms with Crippen LogP contribution in [-0.2, 0) is 4.79 Å². The van der Waals surface area contributed by atoms with E-state index in [-0.39, 0.29) is 5.41 Å². The van der Waals surface area contributed by atoms with Crippen molar-refractivity contribution in [1.29, 1.82) is 0 Å². The Kier molecular flexibility index (Phi) is 3.78. The molecule has 3 aliphatic rings. The van der Waals surface area contributed by atoms with Gasteiger partial charge < -0.3 is 5.11 Å². The van der Waals surface area contributed by atoms with Crippen LogP contribution in [0.15, 0.2) is 23.8 Å². The number of carboxylic acids is 1. The topological polar surface area (TPSA) is 37.3 Å². The normalized spacial score (nSPS) is 44.5. The first-order chi connectivity index (χ1) is 10.3. The van der Waals surface area contributed by atoms with Crippen molar-refractivity contribution in [2.75, 3.05) is 0 Å². The minimum Gasteiger partial charge on any atom is -0.478 e. The summed E-state index contributed by atoms with van der Waals surface area (Å²) in [6.45, 7) is 11.4. The summed E-state index contributed by atoms with van der Waals surface area (Å²) >= 11 is 0. The number of hydrogen-bond acceptors (Lipinski definition) is 1. The third-order valence-corrected chi connectivity index (χ3v) is 7.31. The van der Waals surface area contributed by atoms with Gasteiger partial charge in [0.1, 0.15) is 0 Å². The quantitative estimate of drug-likeness (QED) is 0.711. The van der Waals surface area contributed by atoms with Gasteiger partial charge in [0, 0.05) is 5.57 Å². The van der Waals surface area contributed by atoms with E-state index >= 15 is 0 Å². The second kappa shape index (κ2) is 5.25. The second-order valence-corrected chi connectivity index (χ2v) is 8.71. The van der Waals surface area contributed by atoms with Crippen LogP contribution in [0.2, 0.25) is 0 Å². The molecule has 2 saturated carbocycles. The van der Waals surface area contributed by atoms with Gasteiger partial charge in [0.15, 0.2) is 0 Å². The van der Waals surface area contributed by atoms with Crippen LogP contribution in [0, 0.1) is 28.6 Å². The molecule has 3 rings (SSSR count). The van der Waals surface area contributed by atoms with Crippen molar-refractivity contribution in [2.45, 2.75) is 65.7 Å². The second-order valence-electron chi connectivity index (χ2n) is 8.71. The monoisotopic (exact) mass is 302 g/mol. The van der Waals surface area contributed by atoms with Crippen molar-refractivity contribution in [3.05, 3.63) is 23.8 Å². The van der Waals surface area contributed by atoms with E-state index in [9.17, 15) is 9.90 Å². The molecule has 0 unspecified atom stereocenters. The first kappa shape index (κ1) is 15.8. The number of allylic oxidation sites excluding steroid dienone is 2. The molecule has 0 amide bonds. The van der Waals surface area contributed by atoms with Gasteiger partial charge in [0.05, 0.1) is 0 Å². The number of aliphatic carboxylic acids is 1. The number of rotatable bonds is 2. The predicted molar refractivity (Wildman–Crippen MR) is 89.5 cm³/mol. The van der Waals surface area contributed by atoms with Crippen LogP contribution in [0.1, 0.15) is 65.7 Å². The zero-order valence-corrected chi connectivity index (χ0v) is 14.3. The van der Waals surface area contributed by atoms with Gasteiger partial charge in [-0.05, 0) is 80.5 Å². The van der Waals surface area contributed by atoms with E-state index in [1.54, 1.807) is 0 Å². The van der Waals surface area contributed by atoms with Crippen molar-refractivity contribution < 1.29 is 9.90 Å². The van der Waals surface area contributed by atoms with Gasteiger partial charge >= 0.3 is 5.97 Å². The third kappa shape index (κ3) is 2.35. The van der Waals surface area contributed by atoms with Crippen LogP contribution in [0.4, 0.5) is 0 Å². The van der Waals surface area contributed by atoms with Gasteiger partial charge in [-0.3, -0.25) is 0 Å². The fourth-order valence-corrected chi connectivity index (χ4v) is 5.86. The largest absolute Gasteiger partial charge is 0.478 e. The molecule has 0 bridgehead atoms. The molecule has 0 aromatic heterocycles. The van der Waals surface area contributed by atoms with E-state index in [4.69, 9.17) is 0 Å². The number of carbonyl (C=O) groups is 1.